The van der Waals surface area contributed by atoms with Crippen LogP contribution in [0.15, 0.2) is 22.7 Å². The maximum Gasteiger partial charge on any atom is 0.336 e. The fraction of sp³-hybridized carbons (Fsp3) is 0.429. The van der Waals surface area contributed by atoms with Gasteiger partial charge in [-0.3, -0.25) is 4.79 Å². The molecule has 0 heterocycles. The van der Waals surface area contributed by atoms with Gasteiger partial charge < -0.3 is 16.2 Å². The van der Waals surface area contributed by atoms with Crippen LogP contribution in [0.1, 0.15) is 29.6 Å². The van der Waals surface area contributed by atoms with E-state index in [1.807, 2.05) is 0 Å². The minimum atomic E-state index is -1.03. The first-order valence-corrected chi connectivity index (χ1v) is 7.36. The maximum absolute atomic E-state index is 12.2. The van der Waals surface area contributed by atoms with Crippen molar-refractivity contribution in [2.75, 3.05) is 11.9 Å². The minimum Gasteiger partial charge on any atom is -0.478 e. The predicted octanol–water partition coefficient (Wildman–Crippen LogP) is 2.46. The van der Waals surface area contributed by atoms with Crippen LogP contribution in [-0.2, 0) is 4.79 Å². The zero-order valence-corrected chi connectivity index (χ0v) is 12.5. The zero-order valence-electron chi connectivity index (χ0n) is 10.9. The molecule has 108 valence electrons. The fourth-order valence-corrected chi connectivity index (χ4v) is 3.08. The van der Waals surface area contributed by atoms with Crippen LogP contribution in [0.25, 0.3) is 0 Å². The van der Waals surface area contributed by atoms with E-state index in [-0.39, 0.29) is 23.3 Å². The maximum atomic E-state index is 12.2. The third-order valence-electron chi connectivity index (χ3n) is 3.76. The van der Waals surface area contributed by atoms with Crippen LogP contribution in [0.4, 0.5) is 5.69 Å². The highest BCUT2D eigenvalue weighted by Gasteiger charge is 2.31. The molecule has 1 aliphatic rings. The topological polar surface area (TPSA) is 92.4 Å². The first-order valence-electron chi connectivity index (χ1n) is 6.56. The monoisotopic (exact) mass is 340 g/mol. The van der Waals surface area contributed by atoms with Crippen molar-refractivity contribution in [2.24, 2.45) is 17.6 Å². The van der Waals surface area contributed by atoms with Gasteiger partial charge in [0, 0.05) is 16.1 Å². The lowest BCUT2D eigenvalue weighted by atomic mass is 9.95. The van der Waals surface area contributed by atoms with E-state index in [1.54, 1.807) is 12.1 Å². The van der Waals surface area contributed by atoms with Crippen molar-refractivity contribution < 1.29 is 14.7 Å². The molecule has 5 nitrogen and oxygen atoms in total. The van der Waals surface area contributed by atoms with Crippen LogP contribution in [0.2, 0.25) is 0 Å². The lowest BCUT2D eigenvalue weighted by Crippen LogP contribution is -2.29. The second-order valence-electron chi connectivity index (χ2n) is 5.02. The molecule has 2 atom stereocenters. The number of carboxylic acids is 1. The number of nitrogens with one attached hydrogen (secondary N) is 1. The summed E-state index contributed by atoms with van der Waals surface area (Å²) in [7, 11) is 0. The van der Waals surface area contributed by atoms with Gasteiger partial charge in [-0.1, -0.05) is 6.42 Å². The van der Waals surface area contributed by atoms with Gasteiger partial charge in [0.2, 0.25) is 5.91 Å². The molecule has 2 unspecified atom stereocenters. The minimum absolute atomic E-state index is 0.0723. The molecule has 1 fully saturated rings. The van der Waals surface area contributed by atoms with Gasteiger partial charge in [-0.25, -0.2) is 4.79 Å². The second kappa shape index (κ2) is 6.37. The normalized spacial score (nSPS) is 21.7. The average Bonchev–Trinajstić information content (AvgIpc) is 2.89. The predicted molar refractivity (Wildman–Crippen MR) is 79.6 cm³/mol. The number of anilines is 1. The molecule has 1 saturated carbocycles. The number of hydrogen-bond donors (Lipinski definition) is 3. The number of aromatic carboxylic acids is 1. The molecular formula is C14H17BrN2O3. The van der Waals surface area contributed by atoms with Crippen LogP contribution >= 0.6 is 15.9 Å². The molecule has 4 N–H and O–H groups in total. The van der Waals surface area contributed by atoms with Crippen molar-refractivity contribution in [1.29, 1.82) is 0 Å². The van der Waals surface area contributed by atoms with E-state index < -0.39 is 5.97 Å². The quantitative estimate of drug-likeness (QED) is 0.784. The third kappa shape index (κ3) is 3.19. The molecule has 0 spiro atoms. The first-order chi connectivity index (χ1) is 9.52. The molecule has 0 radical (unpaired) electrons. The van der Waals surface area contributed by atoms with E-state index in [0.717, 1.165) is 19.3 Å². The Bertz CT molecular complexity index is 533. The van der Waals surface area contributed by atoms with Gasteiger partial charge in [0.1, 0.15) is 0 Å². The summed E-state index contributed by atoms with van der Waals surface area (Å²) < 4.78 is 0.490. The summed E-state index contributed by atoms with van der Waals surface area (Å²) in [6.45, 7) is 0.513. The number of benzene rings is 1. The van der Waals surface area contributed by atoms with Gasteiger partial charge in [0.05, 0.1) is 5.56 Å². The van der Waals surface area contributed by atoms with E-state index in [1.165, 1.54) is 6.07 Å². The number of carbonyl (C=O) groups excluding carboxylic acids is 1. The van der Waals surface area contributed by atoms with Crippen molar-refractivity contribution >= 4 is 33.5 Å². The number of rotatable bonds is 4. The lowest BCUT2D eigenvalue weighted by Gasteiger charge is -2.17. The number of carboxylic acid groups (broad SMARTS) is 1. The van der Waals surface area contributed by atoms with Crippen LogP contribution in [-0.4, -0.2) is 23.5 Å². The highest BCUT2D eigenvalue weighted by Crippen LogP contribution is 2.32. The van der Waals surface area contributed by atoms with Crippen molar-refractivity contribution in [1.82, 2.24) is 0 Å². The molecule has 1 aromatic rings. The highest BCUT2D eigenvalue weighted by atomic mass is 79.9. The summed E-state index contributed by atoms with van der Waals surface area (Å²) >= 11 is 3.17. The molecule has 1 aliphatic carbocycles. The van der Waals surface area contributed by atoms with Gasteiger partial charge >= 0.3 is 5.97 Å². The number of amides is 1. The summed E-state index contributed by atoms with van der Waals surface area (Å²) in [5, 5.41) is 11.8. The van der Waals surface area contributed by atoms with Gasteiger partial charge in [-0.05, 0) is 59.4 Å². The Morgan fingerprint density at radius 1 is 1.40 bits per heavy atom. The highest BCUT2D eigenvalue weighted by molar-refractivity contribution is 9.10. The SMILES string of the molecule is NCC1CCCC1C(=O)Nc1ccc(Br)c(C(=O)O)c1. The zero-order chi connectivity index (χ0) is 14.7. The summed E-state index contributed by atoms with van der Waals surface area (Å²) in [6, 6.07) is 4.76. The standard InChI is InChI=1S/C14H17BrN2O3/c15-12-5-4-9(6-11(12)14(19)20)17-13(18)10-3-1-2-8(10)7-16/h4-6,8,10H,1-3,7,16H2,(H,17,18)(H,19,20). The van der Waals surface area contributed by atoms with E-state index in [0.29, 0.717) is 16.7 Å². The van der Waals surface area contributed by atoms with Crippen LogP contribution in [0.5, 0.6) is 0 Å². The molecular weight excluding hydrogens is 324 g/mol. The third-order valence-corrected chi connectivity index (χ3v) is 4.45. The molecule has 0 bridgehead atoms. The van der Waals surface area contributed by atoms with Crippen LogP contribution < -0.4 is 11.1 Å². The smallest absolute Gasteiger partial charge is 0.336 e. The summed E-state index contributed by atoms with van der Waals surface area (Å²) in [5.74, 6) is -0.952. The second-order valence-corrected chi connectivity index (χ2v) is 5.88. The Kier molecular flexibility index (Phi) is 4.77. The van der Waals surface area contributed by atoms with Crippen LogP contribution in [0, 0.1) is 11.8 Å². The Balaban J connectivity index is 2.12. The molecule has 1 amide bonds. The average molecular weight is 341 g/mol. The molecule has 6 heteroatoms. The van der Waals surface area contributed by atoms with Gasteiger partial charge in [0.25, 0.3) is 0 Å². The fourth-order valence-electron chi connectivity index (χ4n) is 2.67. The van der Waals surface area contributed by atoms with Crippen molar-refractivity contribution in [3.63, 3.8) is 0 Å². The first kappa shape index (κ1) is 15.0. The number of hydrogen-bond acceptors (Lipinski definition) is 3. The summed E-state index contributed by atoms with van der Waals surface area (Å²) in [5.41, 5.74) is 6.30. The Labute approximate surface area is 125 Å². The van der Waals surface area contributed by atoms with Crippen LogP contribution in [0.3, 0.4) is 0 Å². The van der Waals surface area contributed by atoms with Crippen molar-refractivity contribution in [3.05, 3.63) is 28.2 Å². The Morgan fingerprint density at radius 2 is 2.15 bits per heavy atom. The number of nitrogens with two attached hydrogens (primary N) is 1. The molecule has 0 aromatic heterocycles. The van der Waals surface area contributed by atoms with E-state index in [4.69, 9.17) is 10.8 Å². The molecule has 20 heavy (non-hydrogen) atoms. The molecule has 0 aliphatic heterocycles. The summed E-state index contributed by atoms with van der Waals surface area (Å²) in [6.07, 6.45) is 2.84. The van der Waals surface area contributed by atoms with Gasteiger partial charge in [-0.2, -0.15) is 0 Å². The van der Waals surface area contributed by atoms with Gasteiger partial charge in [0.15, 0.2) is 0 Å². The van der Waals surface area contributed by atoms with E-state index in [2.05, 4.69) is 21.2 Å². The molecule has 2 rings (SSSR count). The van der Waals surface area contributed by atoms with Crippen molar-refractivity contribution in [3.8, 4) is 0 Å². The van der Waals surface area contributed by atoms with E-state index >= 15 is 0 Å². The van der Waals surface area contributed by atoms with Gasteiger partial charge in [-0.15, -0.1) is 0 Å². The Hall–Kier alpha value is -1.40. The number of carbonyl (C=O) groups is 2. The largest absolute Gasteiger partial charge is 0.478 e. The molecule has 1 aromatic carbocycles. The van der Waals surface area contributed by atoms with Crippen molar-refractivity contribution in [2.45, 2.75) is 19.3 Å². The molecule has 0 saturated heterocycles. The van der Waals surface area contributed by atoms with E-state index in [9.17, 15) is 9.59 Å². The summed E-state index contributed by atoms with van der Waals surface area (Å²) in [4.78, 5) is 23.3. The Morgan fingerprint density at radius 3 is 2.80 bits per heavy atom. The number of halogens is 1. The lowest BCUT2D eigenvalue weighted by molar-refractivity contribution is -0.120.